The summed E-state index contributed by atoms with van der Waals surface area (Å²) in [6, 6.07) is 0. The van der Waals surface area contributed by atoms with Gasteiger partial charge in [-0.3, -0.25) is 0 Å². The van der Waals surface area contributed by atoms with E-state index in [1.54, 1.807) is 0 Å². The van der Waals surface area contributed by atoms with Crippen molar-refractivity contribution < 1.29 is 15.3 Å². The Morgan fingerprint density at radius 1 is 1.22 bits per heavy atom. The smallest absolute Gasteiger partial charge is 0.0628 e. The Balaban J connectivity index is 2.45. The molecule has 2 aliphatic rings. The van der Waals surface area contributed by atoms with E-state index in [0.29, 0.717) is 6.42 Å². The summed E-state index contributed by atoms with van der Waals surface area (Å²) in [7, 11) is 0. The molecule has 0 spiro atoms. The normalized spacial score (nSPS) is 47.8. The Bertz CT molecular complexity index is 350. The Labute approximate surface area is 110 Å². The lowest BCUT2D eigenvalue weighted by Gasteiger charge is -2.61. The van der Waals surface area contributed by atoms with Gasteiger partial charge in [0.2, 0.25) is 0 Å². The highest BCUT2D eigenvalue weighted by molar-refractivity contribution is 5.19. The molecule has 2 rings (SSSR count). The molecule has 3 N–H and O–H groups in total. The highest BCUT2D eigenvalue weighted by atomic mass is 16.3. The standard InChI is InChI=1S/C15H26O3/c1-9-5-6-11-14(2,3)12(17)7-13(18)15(11,4)10(9)8-16/h10-13,16-18H,1,5-8H2,2-4H3/t10-,11-,12-,13+,15+/m0/s1. The van der Waals surface area contributed by atoms with E-state index in [4.69, 9.17) is 0 Å². The zero-order valence-corrected chi connectivity index (χ0v) is 11.7. The van der Waals surface area contributed by atoms with Crippen molar-refractivity contribution in [2.24, 2.45) is 22.7 Å². The van der Waals surface area contributed by atoms with Gasteiger partial charge in [-0.05, 0) is 24.2 Å². The Morgan fingerprint density at radius 2 is 1.83 bits per heavy atom. The zero-order valence-electron chi connectivity index (χ0n) is 11.7. The van der Waals surface area contributed by atoms with Gasteiger partial charge in [0.15, 0.2) is 0 Å². The highest BCUT2D eigenvalue weighted by Gasteiger charge is 2.59. The number of fused-ring (bicyclic) bond motifs is 1. The summed E-state index contributed by atoms with van der Waals surface area (Å²) < 4.78 is 0. The van der Waals surface area contributed by atoms with Crippen LogP contribution in [0.5, 0.6) is 0 Å². The van der Waals surface area contributed by atoms with Crippen LogP contribution >= 0.6 is 0 Å². The number of hydrogen-bond acceptors (Lipinski definition) is 3. The molecule has 18 heavy (non-hydrogen) atoms. The molecule has 0 unspecified atom stereocenters. The van der Waals surface area contributed by atoms with E-state index in [0.717, 1.165) is 18.4 Å². The van der Waals surface area contributed by atoms with E-state index >= 15 is 0 Å². The van der Waals surface area contributed by atoms with E-state index in [1.165, 1.54) is 0 Å². The van der Waals surface area contributed by atoms with E-state index in [2.05, 4.69) is 27.4 Å². The van der Waals surface area contributed by atoms with Crippen LogP contribution in [0.4, 0.5) is 0 Å². The quantitative estimate of drug-likeness (QED) is 0.624. The summed E-state index contributed by atoms with van der Waals surface area (Å²) in [5.74, 6) is 0.157. The lowest BCUT2D eigenvalue weighted by atomic mass is 9.46. The molecule has 5 atom stereocenters. The minimum Gasteiger partial charge on any atom is -0.396 e. The third-order valence-corrected chi connectivity index (χ3v) is 5.85. The molecular formula is C15H26O3. The Morgan fingerprint density at radius 3 is 2.39 bits per heavy atom. The second kappa shape index (κ2) is 4.32. The second-order valence-corrected chi connectivity index (χ2v) is 6.94. The number of aliphatic hydroxyl groups is 3. The monoisotopic (exact) mass is 254 g/mol. The van der Waals surface area contributed by atoms with Crippen molar-refractivity contribution >= 4 is 0 Å². The van der Waals surface area contributed by atoms with Gasteiger partial charge in [-0.15, -0.1) is 0 Å². The van der Waals surface area contributed by atoms with Crippen LogP contribution in [0, 0.1) is 22.7 Å². The fourth-order valence-corrected chi connectivity index (χ4v) is 4.46. The summed E-state index contributed by atoms with van der Waals surface area (Å²) in [6.45, 7) is 10.3. The van der Waals surface area contributed by atoms with Crippen LogP contribution in [0.3, 0.4) is 0 Å². The van der Waals surface area contributed by atoms with Crippen molar-refractivity contribution in [2.75, 3.05) is 6.61 Å². The van der Waals surface area contributed by atoms with Gasteiger partial charge in [0.1, 0.15) is 0 Å². The van der Waals surface area contributed by atoms with Crippen LogP contribution in [0.15, 0.2) is 12.2 Å². The van der Waals surface area contributed by atoms with Crippen LogP contribution < -0.4 is 0 Å². The number of rotatable bonds is 1. The number of aliphatic hydroxyl groups excluding tert-OH is 3. The molecule has 0 aromatic heterocycles. The first-order valence-electron chi connectivity index (χ1n) is 6.90. The molecular weight excluding hydrogens is 228 g/mol. The molecule has 2 fully saturated rings. The van der Waals surface area contributed by atoms with Gasteiger partial charge in [0, 0.05) is 17.8 Å². The minimum absolute atomic E-state index is 0.0368. The van der Waals surface area contributed by atoms with Gasteiger partial charge in [-0.2, -0.15) is 0 Å². The maximum atomic E-state index is 10.5. The molecule has 3 nitrogen and oxygen atoms in total. The maximum Gasteiger partial charge on any atom is 0.0628 e. The third-order valence-electron chi connectivity index (χ3n) is 5.85. The van der Waals surface area contributed by atoms with Crippen LogP contribution in [-0.4, -0.2) is 34.1 Å². The SMILES string of the molecule is C=C1CC[C@H]2C(C)(C)[C@@H](O)C[C@@H](O)[C@]2(C)[C@H]1CO. The molecule has 0 radical (unpaired) electrons. The van der Waals surface area contributed by atoms with Gasteiger partial charge < -0.3 is 15.3 Å². The molecule has 0 aromatic rings. The Kier molecular flexibility index (Phi) is 3.37. The Hall–Kier alpha value is -0.380. The minimum atomic E-state index is -0.570. The van der Waals surface area contributed by atoms with Crippen molar-refractivity contribution in [1.29, 1.82) is 0 Å². The molecule has 104 valence electrons. The van der Waals surface area contributed by atoms with Gasteiger partial charge in [-0.25, -0.2) is 0 Å². The molecule has 0 bridgehead atoms. The molecule has 3 heteroatoms. The molecule has 0 saturated heterocycles. The summed E-state index contributed by atoms with van der Waals surface area (Å²) >= 11 is 0. The average Bonchev–Trinajstić information content (AvgIpc) is 2.27. The zero-order chi connectivity index (χ0) is 13.7. The second-order valence-electron chi connectivity index (χ2n) is 6.94. The van der Waals surface area contributed by atoms with Crippen molar-refractivity contribution in [1.82, 2.24) is 0 Å². The predicted molar refractivity (Wildman–Crippen MR) is 71.0 cm³/mol. The van der Waals surface area contributed by atoms with Crippen LogP contribution in [0.25, 0.3) is 0 Å². The molecule has 2 saturated carbocycles. The van der Waals surface area contributed by atoms with Crippen molar-refractivity contribution in [2.45, 2.75) is 52.2 Å². The highest BCUT2D eigenvalue weighted by Crippen LogP contribution is 2.60. The first-order valence-corrected chi connectivity index (χ1v) is 6.90. The van der Waals surface area contributed by atoms with Crippen molar-refractivity contribution in [3.05, 3.63) is 12.2 Å². The van der Waals surface area contributed by atoms with E-state index in [-0.39, 0.29) is 29.3 Å². The third kappa shape index (κ3) is 1.68. The van der Waals surface area contributed by atoms with Crippen LogP contribution in [-0.2, 0) is 0 Å². The largest absolute Gasteiger partial charge is 0.396 e. The topological polar surface area (TPSA) is 60.7 Å². The van der Waals surface area contributed by atoms with Crippen LogP contribution in [0.1, 0.15) is 40.0 Å². The van der Waals surface area contributed by atoms with Crippen molar-refractivity contribution in [3.63, 3.8) is 0 Å². The van der Waals surface area contributed by atoms with Gasteiger partial charge >= 0.3 is 0 Å². The summed E-state index contributed by atoms with van der Waals surface area (Å²) in [4.78, 5) is 0. The van der Waals surface area contributed by atoms with E-state index < -0.39 is 12.2 Å². The first-order chi connectivity index (χ1) is 8.26. The summed E-state index contributed by atoms with van der Waals surface area (Å²) in [5, 5.41) is 30.4. The molecule has 0 aromatic carbocycles. The predicted octanol–water partition coefficient (Wildman–Crippen LogP) is 1.72. The fraction of sp³-hybridized carbons (Fsp3) is 0.867. The molecule has 0 heterocycles. The number of hydrogen-bond donors (Lipinski definition) is 3. The lowest BCUT2D eigenvalue weighted by molar-refractivity contribution is -0.189. The molecule has 0 aliphatic heterocycles. The van der Waals surface area contributed by atoms with Crippen molar-refractivity contribution in [3.8, 4) is 0 Å². The fourth-order valence-electron chi connectivity index (χ4n) is 4.46. The van der Waals surface area contributed by atoms with Gasteiger partial charge in [0.05, 0.1) is 18.8 Å². The van der Waals surface area contributed by atoms with Crippen LogP contribution in [0.2, 0.25) is 0 Å². The van der Waals surface area contributed by atoms with E-state index in [1.807, 2.05) is 0 Å². The first kappa shape index (κ1) is 14.0. The average molecular weight is 254 g/mol. The van der Waals surface area contributed by atoms with Gasteiger partial charge in [0.25, 0.3) is 0 Å². The van der Waals surface area contributed by atoms with Gasteiger partial charge in [-0.1, -0.05) is 32.9 Å². The summed E-state index contributed by atoms with van der Waals surface area (Å²) in [6.07, 6.45) is 1.17. The summed E-state index contributed by atoms with van der Waals surface area (Å²) in [5.41, 5.74) is 0.456. The molecule has 0 amide bonds. The lowest BCUT2D eigenvalue weighted by Crippen LogP contribution is -2.61. The van der Waals surface area contributed by atoms with E-state index in [9.17, 15) is 15.3 Å². The molecule has 2 aliphatic carbocycles. The maximum absolute atomic E-state index is 10.5.